The molecular formula is C8H7F4NO2. The Bertz CT molecular complexity index is 410. The van der Waals surface area contributed by atoms with Crippen LogP contribution in [0.25, 0.3) is 0 Å². The van der Waals surface area contributed by atoms with E-state index in [0.717, 1.165) is 6.20 Å². The van der Waals surface area contributed by atoms with Gasteiger partial charge in [0.15, 0.2) is 5.75 Å². The molecule has 0 amide bonds. The lowest BCUT2D eigenvalue weighted by molar-refractivity contribution is -0.275. The summed E-state index contributed by atoms with van der Waals surface area (Å²) in [5, 5.41) is 0. The van der Waals surface area contributed by atoms with Gasteiger partial charge in [-0.05, 0) is 6.92 Å². The fourth-order valence-electron chi connectivity index (χ4n) is 0.980. The van der Waals surface area contributed by atoms with Gasteiger partial charge in [-0.1, -0.05) is 0 Å². The summed E-state index contributed by atoms with van der Waals surface area (Å²) in [5.41, 5.74) is -1.60. The van der Waals surface area contributed by atoms with Gasteiger partial charge in [-0.25, -0.2) is 4.39 Å². The van der Waals surface area contributed by atoms with Crippen LogP contribution in [0.2, 0.25) is 0 Å². The van der Waals surface area contributed by atoms with Crippen LogP contribution in [0.3, 0.4) is 0 Å². The molecule has 0 aliphatic heterocycles. The summed E-state index contributed by atoms with van der Waals surface area (Å²) >= 11 is 0. The molecule has 7 heteroatoms. The van der Waals surface area contributed by atoms with Gasteiger partial charge in [-0.15, -0.1) is 13.2 Å². The lowest BCUT2D eigenvalue weighted by Gasteiger charge is -2.10. The third kappa shape index (κ3) is 2.71. The van der Waals surface area contributed by atoms with Gasteiger partial charge >= 0.3 is 6.36 Å². The highest BCUT2D eigenvalue weighted by molar-refractivity contribution is 5.30. The Morgan fingerprint density at radius 1 is 1.47 bits per heavy atom. The zero-order valence-corrected chi connectivity index (χ0v) is 7.61. The SMILES string of the molecule is Cc1[nH]cc(CF)c(=O)c1OC(F)(F)F. The minimum absolute atomic E-state index is 0.102. The van der Waals surface area contributed by atoms with Crippen LogP contribution in [0.1, 0.15) is 11.3 Å². The standard InChI is InChI=1S/C8H7F4NO2/c1-4-7(15-8(10,11)12)6(14)5(2-9)3-13-4/h3H,2H2,1H3,(H,13,14). The van der Waals surface area contributed by atoms with Crippen LogP contribution in [-0.2, 0) is 6.67 Å². The molecule has 0 atom stereocenters. The van der Waals surface area contributed by atoms with Crippen LogP contribution in [-0.4, -0.2) is 11.3 Å². The molecule has 3 nitrogen and oxygen atoms in total. The van der Waals surface area contributed by atoms with Gasteiger partial charge in [0.2, 0.25) is 5.43 Å². The molecular weight excluding hydrogens is 218 g/mol. The Kier molecular flexibility index (Phi) is 3.01. The number of hydrogen-bond donors (Lipinski definition) is 1. The molecule has 0 saturated heterocycles. The van der Waals surface area contributed by atoms with Crippen LogP contribution < -0.4 is 10.2 Å². The molecule has 1 heterocycles. The first-order valence-electron chi connectivity index (χ1n) is 3.88. The third-order valence-corrected chi connectivity index (χ3v) is 1.66. The Morgan fingerprint density at radius 3 is 2.53 bits per heavy atom. The van der Waals surface area contributed by atoms with E-state index >= 15 is 0 Å². The van der Waals surface area contributed by atoms with Gasteiger partial charge < -0.3 is 9.72 Å². The highest BCUT2D eigenvalue weighted by Crippen LogP contribution is 2.21. The molecule has 1 rings (SSSR count). The van der Waals surface area contributed by atoms with Crippen LogP contribution in [0.15, 0.2) is 11.0 Å². The van der Waals surface area contributed by atoms with E-state index in [1.807, 2.05) is 0 Å². The summed E-state index contributed by atoms with van der Waals surface area (Å²) in [5.74, 6) is -0.919. The van der Waals surface area contributed by atoms with Crippen LogP contribution >= 0.6 is 0 Å². The molecule has 0 spiro atoms. The maximum Gasteiger partial charge on any atom is 0.573 e. The fraction of sp³-hybridized carbons (Fsp3) is 0.375. The largest absolute Gasteiger partial charge is 0.573 e. The smallest absolute Gasteiger partial charge is 0.400 e. The maximum atomic E-state index is 12.2. The Morgan fingerprint density at radius 2 is 2.07 bits per heavy atom. The number of aromatic amines is 1. The molecule has 1 aromatic heterocycles. The van der Waals surface area contributed by atoms with Crippen molar-refractivity contribution in [3.8, 4) is 5.75 Å². The van der Waals surface area contributed by atoms with E-state index in [1.54, 1.807) is 0 Å². The van der Waals surface area contributed by atoms with Gasteiger partial charge in [0.25, 0.3) is 0 Å². The molecule has 15 heavy (non-hydrogen) atoms. The molecule has 0 aromatic carbocycles. The maximum absolute atomic E-state index is 12.2. The van der Waals surface area contributed by atoms with Crippen molar-refractivity contribution in [2.45, 2.75) is 20.0 Å². The van der Waals surface area contributed by atoms with E-state index in [2.05, 4.69) is 9.72 Å². The molecule has 0 saturated carbocycles. The van der Waals surface area contributed by atoms with Gasteiger partial charge in [-0.3, -0.25) is 4.79 Å². The molecule has 0 radical (unpaired) electrons. The van der Waals surface area contributed by atoms with Crippen molar-refractivity contribution >= 4 is 0 Å². The first-order valence-corrected chi connectivity index (χ1v) is 3.88. The number of aryl methyl sites for hydroxylation is 1. The zero-order valence-electron chi connectivity index (χ0n) is 7.61. The molecule has 0 fully saturated rings. The summed E-state index contributed by atoms with van der Waals surface area (Å²) in [4.78, 5) is 13.5. The highest BCUT2D eigenvalue weighted by Gasteiger charge is 2.33. The molecule has 0 aliphatic rings. The van der Waals surface area contributed by atoms with Gasteiger partial charge in [0, 0.05) is 6.20 Å². The summed E-state index contributed by atoms with van der Waals surface area (Å²) in [6.45, 7) is 0.0777. The first kappa shape index (κ1) is 11.5. The molecule has 84 valence electrons. The van der Waals surface area contributed by atoms with Crippen molar-refractivity contribution in [2.24, 2.45) is 0 Å². The second-order valence-corrected chi connectivity index (χ2v) is 2.78. The monoisotopic (exact) mass is 225 g/mol. The van der Waals surface area contributed by atoms with E-state index in [-0.39, 0.29) is 5.69 Å². The average molecular weight is 225 g/mol. The minimum atomic E-state index is -4.97. The van der Waals surface area contributed by atoms with Crippen molar-refractivity contribution in [3.63, 3.8) is 0 Å². The Balaban J connectivity index is 3.22. The summed E-state index contributed by atoms with van der Waals surface area (Å²) in [7, 11) is 0. The minimum Gasteiger partial charge on any atom is -0.400 e. The fourth-order valence-corrected chi connectivity index (χ4v) is 0.980. The van der Waals surface area contributed by atoms with Crippen molar-refractivity contribution < 1.29 is 22.3 Å². The summed E-state index contributed by atoms with van der Waals surface area (Å²) < 4.78 is 51.3. The number of nitrogens with one attached hydrogen (secondary N) is 1. The number of ether oxygens (including phenoxy) is 1. The average Bonchev–Trinajstić information content (AvgIpc) is 2.11. The Labute approximate surface area is 81.7 Å². The molecule has 1 N–H and O–H groups in total. The number of rotatable bonds is 2. The number of pyridine rings is 1. The van der Waals surface area contributed by atoms with Crippen LogP contribution in [0.5, 0.6) is 5.75 Å². The second kappa shape index (κ2) is 3.92. The molecule has 1 aromatic rings. The van der Waals surface area contributed by atoms with Crippen molar-refractivity contribution in [1.29, 1.82) is 0 Å². The number of H-pyrrole nitrogens is 1. The van der Waals surface area contributed by atoms with E-state index in [1.165, 1.54) is 6.92 Å². The quantitative estimate of drug-likeness (QED) is 0.782. The first-order chi connectivity index (χ1) is 6.85. The predicted molar refractivity (Wildman–Crippen MR) is 43.3 cm³/mol. The number of alkyl halides is 4. The van der Waals surface area contributed by atoms with Gasteiger partial charge in [0.1, 0.15) is 6.67 Å². The summed E-state index contributed by atoms with van der Waals surface area (Å²) in [6.07, 6.45) is -3.95. The number of halogens is 4. The van der Waals surface area contributed by atoms with Gasteiger partial charge in [-0.2, -0.15) is 0 Å². The normalized spacial score (nSPS) is 11.5. The summed E-state index contributed by atoms with van der Waals surface area (Å²) in [6, 6.07) is 0. The van der Waals surface area contributed by atoms with E-state index < -0.39 is 29.8 Å². The highest BCUT2D eigenvalue weighted by atomic mass is 19.4. The molecule has 0 unspecified atom stereocenters. The Hall–Kier alpha value is -1.53. The molecule has 0 bridgehead atoms. The van der Waals surface area contributed by atoms with Crippen molar-refractivity contribution in [2.75, 3.05) is 0 Å². The van der Waals surface area contributed by atoms with E-state index in [9.17, 15) is 22.4 Å². The third-order valence-electron chi connectivity index (χ3n) is 1.66. The lowest BCUT2D eigenvalue weighted by atomic mass is 10.2. The zero-order chi connectivity index (χ0) is 11.6. The molecule has 0 aliphatic carbocycles. The topological polar surface area (TPSA) is 42.1 Å². The van der Waals surface area contributed by atoms with Crippen LogP contribution in [0, 0.1) is 6.92 Å². The van der Waals surface area contributed by atoms with Gasteiger partial charge in [0.05, 0.1) is 11.3 Å². The van der Waals surface area contributed by atoms with Crippen molar-refractivity contribution in [1.82, 2.24) is 4.98 Å². The van der Waals surface area contributed by atoms with Crippen LogP contribution in [0.4, 0.5) is 17.6 Å². The second-order valence-electron chi connectivity index (χ2n) is 2.78. The van der Waals surface area contributed by atoms with E-state index in [4.69, 9.17) is 0 Å². The lowest BCUT2D eigenvalue weighted by Crippen LogP contribution is -2.24. The number of aromatic nitrogens is 1. The van der Waals surface area contributed by atoms with Crippen molar-refractivity contribution in [3.05, 3.63) is 27.7 Å². The predicted octanol–water partition coefficient (Wildman–Crippen LogP) is 2.05. The van der Waals surface area contributed by atoms with E-state index in [0.29, 0.717) is 0 Å². The number of hydrogen-bond acceptors (Lipinski definition) is 2.